The first-order valence-corrected chi connectivity index (χ1v) is 4.64. The summed E-state index contributed by atoms with van der Waals surface area (Å²) >= 11 is 0. The molecule has 0 unspecified atom stereocenters. The van der Waals surface area contributed by atoms with E-state index in [1.54, 1.807) is 30.3 Å². The highest BCUT2D eigenvalue weighted by molar-refractivity contribution is 6.36. The van der Waals surface area contributed by atoms with Gasteiger partial charge in [-0.2, -0.15) is 0 Å². The summed E-state index contributed by atoms with van der Waals surface area (Å²) in [6.45, 7) is 0. The van der Waals surface area contributed by atoms with Crippen molar-refractivity contribution in [1.82, 2.24) is 0 Å². The molecule has 0 aliphatic heterocycles. The molecule has 0 radical (unpaired) electrons. The van der Waals surface area contributed by atoms with Crippen molar-refractivity contribution in [2.45, 2.75) is 0 Å². The van der Waals surface area contributed by atoms with Gasteiger partial charge in [0, 0.05) is 5.39 Å². The maximum atomic E-state index is 12.2. The molecule has 80 valence electrons. The molecule has 0 N–H and O–H groups in total. The zero-order valence-electron chi connectivity index (χ0n) is 8.19. The maximum Gasteiger partial charge on any atom is 0.796 e. The third-order valence-corrected chi connectivity index (χ3v) is 2.24. The summed E-state index contributed by atoms with van der Waals surface area (Å²) in [5, 5.41) is 1.26. The fraction of sp³-hybridized carbons (Fsp3) is 0. The van der Waals surface area contributed by atoms with Gasteiger partial charge < -0.3 is 4.65 Å². The Hall–Kier alpha value is -1.91. The monoisotopic (exact) mass is 220 g/mol. The molecule has 16 heavy (non-hydrogen) atoms. The smallest absolute Gasteiger partial charge is 0.504 e. The Balaban J connectivity index is 2.67. The molecule has 2 nitrogen and oxygen atoms in total. The van der Waals surface area contributed by atoms with Crippen molar-refractivity contribution in [3.05, 3.63) is 42.0 Å². The van der Waals surface area contributed by atoms with Crippen LogP contribution < -0.4 is 4.65 Å². The number of carbonyl (C=O) groups excluding carboxylic acids is 1. The zero-order chi connectivity index (χ0) is 11.5. The van der Waals surface area contributed by atoms with Crippen LogP contribution in [0, 0.1) is 0 Å². The molecule has 0 amide bonds. The number of benzene rings is 2. The van der Waals surface area contributed by atoms with E-state index in [-0.39, 0.29) is 11.3 Å². The molecule has 0 saturated carbocycles. The van der Waals surface area contributed by atoms with Crippen molar-refractivity contribution in [3.8, 4) is 5.75 Å². The van der Waals surface area contributed by atoms with Crippen molar-refractivity contribution in [3.63, 3.8) is 0 Å². The van der Waals surface area contributed by atoms with Crippen molar-refractivity contribution >= 4 is 24.5 Å². The van der Waals surface area contributed by atoms with Gasteiger partial charge in [-0.1, -0.05) is 30.3 Å². The summed E-state index contributed by atoms with van der Waals surface area (Å²) in [7, 11) is -2.94. The molecule has 0 heterocycles. The minimum atomic E-state index is -2.94. The van der Waals surface area contributed by atoms with Crippen LogP contribution in [-0.2, 0) is 0 Å². The third-order valence-electron chi connectivity index (χ3n) is 2.24. The first-order chi connectivity index (χ1) is 7.72. The van der Waals surface area contributed by atoms with Crippen LogP contribution in [0.3, 0.4) is 0 Å². The van der Waals surface area contributed by atoms with Crippen LogP contribution in [0.1, 0.15) is 10.4 Å². The molecule has 0 aliphatic carbocycles. The highest BCUT2D eigenvalue weighted by atomic mass is 19.2. The van der Waals surface area contributed by atoms with Gasteiger partial charge >= 0.3 is 7.47 Å². The van der Waals surface area contributed by atoms with Crippen LogP contribution in [0.4, 0.5) is 8.63 Å². The summed E-state index contributed by atoms with van der Waals surface area (Å²) in [6.07, 6.45) is 0.504. The second kappa shape index (κ2) is 4.30. The molecule has 2 rings (SSSR count). The molecule has 5 heteroatoms. The predicted octanol–water partition coefficient (Wildman–Crippen LogP) is 2.96. The Morgan fingerprint density at radius 1 is 1.12 bits per heavy atom. The van der Waals surface area contributed by atoms with Gasteiger partial charge in [-0.25, -0.2) is 8.63 Å². The Labute approximate surface area is 91.0 Å². The fourth-order valence-electron chi connectivity index (χ4n) is 1.57. The predicted molar refractivity (Wildman–Crippen MR) is 57.9 cm³/mol. The number of fused-ring (bicyclic) bond motifs is 1. The van der Waals surface area contributed by atoms with Gasteiger partial charge in [-0.15, -0.1) is 0 Å². The summed E-state index contributed by atoms with van der Waals surface area (Å²) in [4.78, 5) is 10.7. The van der Waals surface area contributed by atoms with Crippen molar-refractivity contribution < 1.29 is 18.1 Å². The minimum absolute atomic E-state index is 0.0666. The normalized spacial score (nSPS) is 10.1. The first kappa shape index (κ1) is 10.6. The highest BCUT2D eigenvalue weighted by Crippen LogP contribution is 2.29. The van der Waals surface area contributed by atoms with Crippen molar-refractivity contribution in [1.29, 1.82) is 0 Å². The van der Waals surface area contributed by atoms with E-state index in [2.05, 4.69) is 4.65 Å². The van der Waals surface area contributed by atoms with Gasteiger partial charge in [0.05, 0.1) is 5.56 Å². The van der Waals surface area contributed by atoms with Crippen LogP contribution >= 0.6 is 0 Å². The van der Waals surface area contributed by atoms with Gasteiger partial charge in [0.25, 0.3) is 0 Å². The van der Waals surface area contributed by atoms with E-state index in [9.17, 15) is 13.4 Å². The lowest BCUT2D eigenvalue weighted by molar-refractivity contribution is 0.112. The molecule has 0 bridgehead atoms. The molecule has 2 aromatic carbocycles. The maximum absolute atomic E-state index is 12.2. The van der Waals surface area contributed by atoms with Crippen LogP contribution in [0.2, 0.25) is 0 Å². The lowest BCUT2D eigenvalue weighted by Gasteiger charge is -2.09. The SMILES string of the molecule is O=Cc1ccc2ccccc2c1OB(F)F. The second-order valence-corrected chi connectivity index (χ2v) is 3.20. The van der Waals surface area contributed by atoms with E-state index in [0.717, 1.165) is 5.39 Å². The quantitative estimate of drug-likeness (QED) is 0.587. The van der Waals surface area contributed by atoms with Crippen LogP contribution in [0.15, 0.2) is 36.4 Å². The molecule has 0 fully saturated rings. The van der Waals surface area contributed by atoms with Gasteiger partial charge in [0.2, 0.25) is 0 Å². The average Bonchev–Trinajstić information content (AvgIpc) is 2.29. The number of rotatable bonds is 3. The standard InChI is InChI=1S/C11H7BF2O2/c13-12(14)16-11-9(7-15)6-5-8-3-1-2-4-10(8)11/h1-7H. The molecular formula is C11H7BF2O2. The Morgan fingerprint density at radius 3 is 2.56 bits per heavy atom. The molecular weight excluding hydrogens is 213 g/mol. The first-order valence-electron chi connectivity index (χ1n) is 4.64. The van der Waals surface area contributed by atoms with Crippen LogP contribution in [-0.4, -0.2) is 13.8 Å². The van der Waals surface area contributed by atoms with E-state index >= 15 is 0 Å². The highest BCUT2D eigenvalue weighted by Gasteiger charge is 2.21. The van der Waals surface area contributed by atoms with Gasteiger partial charge in [-0.3, -0.25) is 4.79 Å². The van der Waals surface area contributed by atoms with E-state index in [1.165, 1.54) is 6.07 Å². The topological polar surface area (TPSA) is 26.3 Å². The second-order valence-electron chi connectivity index (χ2n) is 3.20. The number of hydrogen-bond acceptors (Lipinski definition) is 2. The summed E-state index contributed by atoms with van der Waals surface area (Å²) in [5.41, 5.74) is 0.124. The van der Waals surface area contributed by atoms with Gasteiger partial charge in [-0.05, 0) is 11.5 Å². The number of hydrogen-bond donors (Lipinski definition) is 0. The largest absolute Gasteiger partial charge is 0.796 e. The molecule has 0 aromatic heterocycles. The number of halogens is 2. The number of carbonyl (C=O) groups is 1. The Kier molecular flexibility index (Phi) is 2.85. The summed E-state index contributed by atoms with van der Waals surface area (Å²) in [5.74, 6) is -0.0666. The van der Waals surface area contributed by atoms with Crippen molar-refractivity contribution in [2.24, 2.45) is 0 Å². The van der Waals surface area contributed by atoms with Gasteiger partial charge in [0.15, 0.2) is 6.29 Å². The molecule has 0 saturated heterocycles. The van der Waals surface area contributed by atoms with E-state index in [4.69, 9.17) is 0 Å². The van der Waals surface area contributed by atoms with Crippen molar-refractivity contribution in [2.75, 3.05) is 0 Å². The molecule has 2 aromatic rings. The average molecular weight is 220 g/mol. The van der Waals surface area contributed by atoms with E-state index < -0.39 is 7.47 Å². The van der Waals surface area contributed by atoms with Gasteiger partial charge in [0.1, 0.15) is 5.75 Å². The zero-order valence-corrected chi connectivity index (χ0v) is 8.19. The Bertz CT molecular complexity index is 528. The summed E-state index contributed by atoms with van der Waals surface area (Å²) in [6, 6.07) is 10.1. The molecule has 0 spiro atoms. The van der Waals surface area contributed by atoms with E-state index in [1.807, 2.05) is 0 Å². The molecule has 0 aliphatic rings. The van der Waals surface area contributed by atoms with Crippen LogP contribution in [0.5, 0.6) is 5.75 Å². The summed E-state index contributed by atoms with van der Waals surface area (Å²) < 4.78 is 28.8. The molecule has 0 atom stereocenters. The lowest BCUT2D eigenvalue weighted by Crippen LogP contribution is -2.10. The number of aldehydes is 1. The lowest BCUT2D eigenvalue weighted by atomic mass is 10.1. The minimum Gasteiger partial charge on any atom is -0.504 e. The van der Waals surface area contributed by atoms with E-state index in [0.29, 0.717) is 11.7 Å². The third kappa shape index (κ3) is 1.89. The van der Waals surface area contributed by atoms with Crippen LogP contribution in [0.25, 0.3) is 10.8 Å². The fourth-order valence-corrected chi connectivity index (χ4v) is 1.57. The Morgan fingerprint density at radius 2 is 1.88 bits per heavy atom.